The minimum absolute atomic E-state index is 0.811. The van der Waals surface area contributed by atoms with E-state index in [0.717, 1.165) is 47.8 Å². The van der Waals surface area contributed by atoms with Crippen LogP contribution in [0.25, 0.3) is 0 Å². The normalized spacial score (nSPS) is 13.6. The Morgan fingerprint density at radius 3 is 1.83 bits per heavy atom. The highest BCUT2D eigenvalue weighted by atomic mass is 16.5. The van der Waals surface area contributed by atoms with Gasteiger partial charge in [-0.25, -0.2) is 0 Å². The van der Waals surface area contributed by atoms with Crippen molar-refractivity contribution in [2.75, 3.05) is 13.7 Å². The zero-order valence-corrected chi connectivity index (χ0v) is 20.7. The first kappa shape index (κ1) is 25.9. The Kier molecular flexibility index (Phi) is 12.4. The molecule has 1 aromatic rings. The fraction of sp³-hybridized carbons (Fsp3) is 0.778. The van der Waals surface area contributed by atoms with Gasteiger partial charge in [0.15, 0.2) is 0 Å². The van der Waals surface area contributed by atoms with Crippen LogP contribution in [0.4, 0.5) is 0 Å². The number of hydrogen-bond donors (Lipinski definition) is 0. The van der Waals surface area contributed by atoms with Gasteiger partial charge in [-0.05, 0) is 74.1 Å². The lowest BCUT2D eigenvalue weighted by molar-refractivity contribution is 0.294. The van der Waals surface area contributed by atoms with Crippen molar-refractivity contribution in [3.05, 3.63) is 22.8 Å². The standard InChI is InChI=1S/C27H48O2/c1-20(2)13-11-15-22(4)17-12-16-21(3)14-9-10-18-29-26-19-23(5)27(28-8)25(7)24(26)6/h19-22H,9-18H2,1-8H3/t21-,22+/m0/s1. The molecule has 0 aliphatic heterocycles. The van der Waals surface area contributed by atoms with E-state index < -0.39 is 0 Å². The van der Waals surface area contributed by atoms with E-state index in [2.05, 4.69) is 54.5 Å². The second-order valence-corrected chi connectivity index (χ2v) is 9.79. The Morgan fingerprint density at radius 1 is 0.724 bits per heavy atom. The summed E-state index contributed by atoms with van der Waals surface area (Å²) in [7, 11) is 1.74. The highest BCUT2D eigenvalue weighted by Crippen LogP contribution is 2.33. The molecule has 0 aromatic heterocycles. The van der Waals surface area contributed by atoms with E-state index in [1.54, 1.807) is 7.11 Å². The fourth-order valence-corrected chi connectivity index (χ4v) is 4.24. The number of ether oxygens (including phenoxy) is 2. The molecule has 0 aliphatic rings. The van der Waals surface area contributed by atoms with Crippen LogP contribution < -0.4 is 9.47 Å². The SMILES string of the molecule is COc1c(C)cc(OCCCC[C@H](C)CCC[C@H](C)CCCC(C)C)c(C)c1C. The molecular formula is C27H48O2. The summed E-state index contributed by atoms with van der Waals surface area (Å²) in [6, 6.07) is 2.12. The maximum atomic E-state index is 6.09. The topological polar surface area (TPSA) is 18.5 Å². The largest absolute Gasteiger partial charge is 0.496 e. The van der Waals surface area contributed by atoms with Crippen LogP contribution in [-0.4, -0.2) is 13.7 Å². The van der Waals surface area contributed by atoms with Crippen LogP contribution in [0, 0.1) is 38.5 Å². The highest BCUT2D eigenvalue weighted by molar-refractivity contribution is 5.52. The van der Waals surface area contributed by atoms with Crippen LogP contribution in [0.2, 0.25) is 0 Å². The van der Waals surface area contributed by atoms with Crippen molar-refractivity contribution in [1.82, 2.24) is 0 Å². The molecule has 1 aromatic carbocycles. The van der Waals surface area contributed by atoms with E-state index in [0.29, 0.717) is 0 Å². The molecule has 0 fully saturated rings. The van der Waals surface area contributed by atoms with E-state index in [4.69, 9.17) is 9.47 Å². The Morgan fingerprint density at radius 2 is 1.28 bits per heavy atom. The molecule has 1 rings (SSSR count). The first-order chi connectivity index (χ1) is 13.8. The van der Waals surface area contributed by atoms with E-state index in [9.17, 15) is 0 Å². The van der Waals surface area contributed by atoms with Gasteiger partial charge in [0.05, 0.1) is 13.7 Å². The smallest absolute Gasteiger partial charge is 0.125 e. The number of rotatable bonds is 15. The van der Waals surface area contributed by atoms with Crippen molar-refractivity contribution in [3.63, 3.8) is 0 Å². The summed E-state index contributed by atoms with van der Waals surface area (Å²) in [5.74, 6) is 4.59. The monoisotopic (exact) mass is 404 g/mol. The molecule has 2 atom stereocenters. The first-order valence-electron chi connectivity index (χ1n) is 12.0. The molecule has 0 bridgehead atoms. The summed E-state index contributed by atoms with van der Waals surface area (Å²) in [6.07, 6.45) is 12.1. The van der Waals surface area contributed by atoms with Crippen molar-refractivity contribution in [2.24, 2.45) is 17.8 Å². The lowest BCUT2D eigenvalue weighted by Crippen LogP contribution is -2.04. The number of benzene rings is 1. The molecule has 168 valence electrons. The number of hydrogen-bond acceptors (Lipinski definition) is 2. The molecule has 2 nitrogen and oxygen atoms in total. The predicted octanol–water partition coefficient (Wildman–Crippen LogP) is 8.44. The van der Waals surface area contributed by atoms with Crippen LogP contribution >= 0.6 is 0 Å². The van der Waals surface area contributed by atoms with Gasteiger partial charge >= 0.3 is 0 Å². The molecular weight excluding hydrogens is 356 g/mol. The zero-order valence-electron chi connectivity index (χ0n) is 20.7. The third-order valence-electron chi connectivity index (χ3n) is 6.40. The molecule has 0 saturated heterocycles. The van der Waals surface area contributed by atoms with Gasteiger partial charge in [0, 0.05) is 0 Å². The minimum atomic E-state index is 0.811. The highest BCUT2D eigenvalue weighted by Gasteiger charge is 2.12. The quantitative estimate of drug-likeness (QED) is 0.273. The average molecular weight is 405 g/mol. The Bertz CT molecular complexity index is 576. The molecule has 0 N–H and O–H groups in total. The zero-order chi connectivity index (χ0) is 21.8. The second kappa shape index (κ2) is 13.9. The summed E-state index contributed by atoms with van der Waals surface area (Å²) < 4.78 is 11.6. The number of methoxy groups -OCH3 is 1. The molecule has 0 unspecified atom stereocenters. The van der Waals surface area contributed by atoms with Crippen molar-refractivity contribution in [2.45, 2.75) is 106 Å². The van der Waals surface area contributed by atoms with Gasteiger partial charge in [0.1, 0.15) is 11.5 Å². The molecule has 0 spiro atoms. The van der Waals surface area contributed by atoms with E-state index in [-0.39, 0.29) is 0 Å². The number of unbranched alkanes of at least 4 members (excludes halogenated alkanes) is 1. The summed E-state index contributed by atoms with van der Waals surface area (Å²) >= 11 is 0. The molecule has 0 amide bonds. The number of aryl methyl sites for hydroxylation is 1. The van der Waals surface area contributed by atoms with Crippen molar-refractivity contribution in [1.29, 1.82) is 0 Å². The lowest BCUT2D eigenvalue weighted by atomic mass is 9.92. The van der Waals surface area contributed by atoms with E-state index >= 15 is 0 Å². The van der Waals surface area contributed by atoms with Crippen LogP contribution in [0.3, 0.4) is 0 Å². The first-order valence-corrected chi connectivity index (χ1v) is 12.0. The summed E-state index contributed by atoms with van der Waals surface area (Å²) in [5.41, 5.74) is 3.54. The van der Waals surface area contributed by atoms with Crippen LogP contribution in [-0.2, 0) is 0 Å². The van der Waals surface area contributed by atoms with Crippen molar-refractivity contribution in [3.8, 4) is 11.5 Å². The molecule has 0 heterocycles. The van der Waals surface area contributed by atoms with Gasteiger partial charge in [-0.2, -0.15) is 0 Å². The second-order valence-electron chi connectivity index (χ2n) is 9.79. The molecule has 0 saturated carbocycles. The average Bonchev–Trinajstić information content (AvgIpc) is 2.65. The molecule has 0 aliphatic carbocycles. The van der Waals surface area contributed by atoms with Gasteiger partial charge < -0.3 is 9.47 Å². The van der Waals surface area contributed by atoms with E-state index in [1.807, 2.05) is 0 Å². The van der Waals surface area contributed by atoms with Crippen LogP contribution in [0.15, 0.2) is 6.07 Å². The molecule has 29 heavy (non-hydrogen) atoms. The van der Waals surface area contributed by atoms with Gasteiger partial charge in [-0.15, -0.1) is 0 Å². The fourth-order valence-electron chi connectivity index (χ4n) is 4.24. The predicted molar refractivity (Wildman–Crippen MR) is 127 cm³/mol. The van der Waals surface area contributed by atoms with Crippen molar-refractivity contribution >= 4 is 0 Å². The minimum Gasteiger partial charge on any atom is -0.496 e. The third kappa shape index (κ3) is 9.92. The maximum absolute atomic E-state index is 6.09. The van der Waals surface area contributed by atoms with Gasteiger partial charge in [-0.1, -0.05) is 72.6 Å². The summed E-state index contributed by atoms with van der Waals surface area (Å²) in [4.78, 5) is 0. The molecule has 2 heteroatoms. The van der Waals surface area contributed by atoms with Gasteiger partial charge in [0.2, 0.25) is 0 Å². The van der Waals surface area contributed by atoms with Gasteiger partial charge in [0.25, 0.3) is 0 Å². The third-order valence-corrected chi connectivity index (χ3v) is 6.40. The molecule has 0 radical (unpaired) electrons. The Labute approximate surface area is 181 Å². The Hall–Kier alpha value is -1.18. The van der Waals surface area contributed by atoms with Crippen LogP contribution in [0.1, 0.15) is 102 Å². The Balaban J connectivity index is 2.17. The maximum Gasteiger partial charge on any atom is 0.125 e. The summed E-state index contributed by atoms with van der Waals surface area (Å²) in [5, 5.41) is 0. The lowest BCUT2D eigenvalue weighted by Gasteiger charge is -2.17. The summed E-state index contributed by atoms with van der Waals surface area (Å²) in [6.45, 7) is 16.7. The van der Waals surface area contributed by atoms with Crippen molar-refractivity contribution < 1.29 is 9.47 Å². The van der Waals surface area contributed by atoms with E-state index in [1.165, 1.54) is 62.5 Å². The van der Waals surface area contributed by atoms with Crippen LogP contribution in [0.5, 0.6) is 11.5 Å². The van der Waals surface area contributed by atoms with Gasteiger partial charge in [-0.3, -0.25) is 0 Å².